The van der Waals surface area contributed by atoms with Crippen molar-refractivity contribution in [2.45, 2.75) is 39.5 Å². The van der Waals surface area contributed by atoms with Gasteiger partial charge < -0.3 is 14.2 Å². The maximum Gasteiger partial charge on any atom is 0.255 e. The van der Waals surface area contributed by atoms with Crippen LogP contribution in [0.5, 0.6) is 0 Å². The van der Waals surface area contributed by atoms with Gasteiger partial charge in [0.15, 0.2) is 0 Å². The van der Waals surface area contributed by atoms with E-state index in [0.717, 1.165) is 36.0 Å². The van der Waals surface area contributed by atoms with Crippen molar-refractivity contribution >= 4 is 5.91 Å². The Labute approximate surface area is 141 Å². The van der Waals surface area contributed by atoms with Gasteiger partial charge in [-0.1, -0.05) is 0 Å². The van der Waals surface area contributed by atoms with Gasteiger partial charge in [-0.05, 0) is 37.3 Å². The fourth-order valence-corrected chi connectivity index (χ4v) is 3.07. The van der Waals surface area contributed by atoms with Crippen LogP contribution in [0.1, 0.15) is 40.2 Å². The van der Waals surface area contributed by atoms with Gasteiger partial charge >= 0.3 is 0 Å². The van der Waals surface area contributed by atoms with Crippen molar-refractivity contribution in [2.75, 3.05) is 13.2 Å². The van der Waals surface area contributed by atoms with Crippen molar-refractivity contribution in [3.63, 3.8) is 0 Å². The Morgan fingerprint density at radius 3 is 3.00 bits per heavy atom. The van der Waals surface area contributed by atoms with Crippen LogP contribution in [0.25, 0.3) is 0 Å². The first-order valence-corrected chi connectivity index (χ1v) is 8.52. The van der Waals surface area contributed by atoms with E-state index >= 15 is 0 Å². The highest BCUT2D eigenvalue weighted by atomic mass is 16.5. The van der Waals surface area contributed by atoms with Crippen molar-refractivity contribution in [3.05, 3.63) is 47.3 Å². The average Bonchev–Trinajstić information content (AvgIpc) is 3.33. The lowest BCUT2D eigenvalue weighted by atomic mass is 10.1. The number of pyridine rings is 1. The SMILES string of the molecule is Cc1cncc(C(=O)N2CCn3cnc(COCC4CC4)c3C2)c1. The first-order valence-electron chi connectivity index (χ1n) is 8.52. The van der Waals surface area contributed by atoms with Crippen LogP contribution in [0.4, 0.5) is 0 Å². The normalized spacial score (nSPS) is 17.0. The van der Waals surface area contributed by atoms with E-state index in [0.29, 0.717) is 25.3 Å². The lowest BCUT2D eigenvalue weighted by molar-refractivity contribution is 0.0703. The van der Waals surface area contributed by atoms with Crippen LogP contribution in [0.3, 0.4) is 0 Å². The number of ether oxygens (including phenoxy) is 1. The van der Waals surface area contributed by atoms with Crippen molar-refractivity contribution in [1.82, 2.24) is 19.4 Å². The predicted molar refractivity (Wildman–Crippen MR) is 88.3 cm³/mol. The van der Waals surface area contributed by atoms with E-state index in [1.54, 1.807) is 12.4 Å². The number of hydrogen-bond donors (Lipinski definition) is 0. The maximum atomic E-state index is 12.7. The molecule has 2 aromatic heterocycles. The first kappa shape index (κ1) is 15.3. The molecule has 1 saturated carbocycles. The van der Waals surface area contributed by atoms with Gasteiger partial charge in [-0.2, -0.15) is 0 Å². The number of hydrogen-bond acceptors (Lipinski definition) is 4. The first-order chi connectivity index (χ1) is 11.7. The Bertz CT molecular complexity index is 751. The van der Waals surface area contributed by atoms with Crippen molar-refractivity contribution < 1.29 is 9.53 Å². The largest absolute Gasteiger partial charge is 0.375 e. The Balaban J connectivity index is 1.45. The number of aromatic nitrogens is 3. The highest BCUT2D eigenvalue weighted by Crippen LogP contribution is 2.29. The number of rotatable bonds is 5. The molecule has 1 aliphatic carbocycles. The topological polar surface area (TPSA) is 60.2 Å². The third-order valence-electron chi connectivity index (χ3n) is 4.68. The lowest BCUT2D eigenvalue weighted by Gasteiger charge is -2.29. The van der Waals surface area contributed by atoms with E-state index in [-0.39, 0.29) is 5.91 Å². The van der Waals surface area contributed by atoms with Gasteiger partial charge in [0.05, 0.1) is 36.4 Å². The minimum absolute atomic E-state index is 0.0310. The summed E-state index contributed by atoms with van der Waals surface area (Å²) in [6.45, 7) is 5.35. The number of amides is 1. The van der Waals surface area contributed by atoms with Crippen molar-refractivity contribution in [2.24, 2.45) is 5.92 Å². The summed E-state index contributed by atoms with van der Waals surface area (Å²) < 4.78 is 7.91. The molecule has 0 radical (unpaired) electrons. The molecule has 2 aliphatic rings. The summed E-state index contributed by atoms with van der Waals surface area (Å²) in [5.74, 6) is 0.777. The molecule has 4 rings (SSSR count). The molecule has 0 aromatic carbocycles. The van der Waals surface area contributed by atoms with E-state index in [1.165, 1.54) is 12.8 Å². The molecule has 2 aromatic rings. The Morgan fingerprint density at radius 1 is 1.33 bits per heavy atom. The van der Waals surface area contributed by atoms with Crippen LogP contribution in [-0.4, -0.2) is 38.5 Å². The molecule has 0 spiro atoms. The Morgan fingerprint density at radius 2 is 2.21 bits per heavy atom. The van der Waals surface area contributed by atoms with E-state index in [4.69, 9.17) is 4.74 Å². The molecule has 126 valence electrons. The third-order valence-corrected chi connectivity index (χ3v) is 4.68. The number of fused-ring (bicyclic) bond motifs is 1. The van der Waals surface area contributed by atoms with E-state index in [2.05, 4.69) is 14.5 Å². The summed E-state index contributed by atoms with van der Waals surface area (Å²) in [7, 11) is 0. The van der Waals surface area contributed by atoms with Crippen molar-refractivity contribution in [3.8, 4) is 0 Å². The highest BCUT2D eigenvalue weighted by Gasteiger charge is 2.26. The monoisotopic (exact) mass is 326 g/mol. The zero-order valence-corrected chi connectivity index (χ0v) is 13.9. The lowest BCUT2D eigenvalue weighted by Crippen LogP contribution is -2.38. The zero-order valence-electron chi connectivity index (χ0n) is 13.9. The van der Waals surface area contributed by atoms with Gasteiger partial charge in [-0.3, -0.25) is 9.78 Å². The molecule has 24 heavy (non-hydrogen) atoms. The van der Waals surface area contributed by atoms with E-state index in [9.17, 15) is 4.79 Å². The Kier molecular flexibility index (Phi) is 4.06. The molecule has 3 heterocycles. The molecule has 6 nitrogen and oxygen atoms in total. The van der Waals surface area contributed by atoms with Crippen LogP contribution in [-0.2, 0) is 24.4 Å². The van der Waals surface area contributed by atoms with Gasteiger partial charge in [0, 0.05) is 32.1 Å². The number of carbonyl (C=O) groups excluding carboxylic acids is 1. The van der Waals surface area contributed by atoms with Gasteiger partial charge in [-0.25, -0.2) is 4.98 Å². The molecule has 0 unspecified atom stereocenters. The molecule has 0 bridgehead atoms. The predicted octanol–water partition coefficient (Wildman–Crippen LogP) is 2.17. The number of aryl methyl sites for hydroxylation is 1. The molecule has 0 atom stereocenters. The van der Waals surface area contributed by atoms with Gasteiger partial charge in [0.2, 0.25) is 0 Å². The second-order valence-corrected chi connectivity index (χ2v) is 6.77. The summed E-state index contributed by atoms with van der Waals surface area (Å²) in [4.78, 5) is 23.2. The molecule has 1 amide bonds. The average molecular weight is 326 g/mol. The van der Waals surface area contributed by atoms with E-state index < -0.39 is 0 Å². The van der Waals surface area contributed by atoms with Crippen LogP contribution in [0.2, 0.25) is 0 Å². The minimum atomic E-state index is 0.0310. The number of imidazole rings is 1. The number of carbonyl (C=O) groups is 1. The summed E-state index contributed by atoms with van der Waals surface area (Å²) in [5.41, 5.74) is 3.69. The van der Waals surface area contributed by atoms with Crippen molar-refractivity contribution in [1.29, 1.82) is 0 Å². The Hall–Kier alpha value is -2.21. The summed E-state index contributed by atoms with van der Waals surface area (Å²) in [6, 6.07) is 1.89. The second-order valence-electron chi connectivity index (χ2n) is 6.77. The molecule has 0 saturated heterocycles. The van der Waals surface area contributed by atoms with Crippen LogP contribution in [0, 0.1) is 12.8 Å². The molecule has 1 aliphatic heterocycles. The zero-order chi connectivity index (χ0) is 16.5. The summed E-state index contributed by atoms with van der Waals surface area (Å²) >= 11 is 0. The summed E-state index contributed by atoms with van der Waals surface area (Å²) in [5, 5.41) is 0. The third kappa shape index (κ3) is 3.19. The highest BCUT2D eigenvalue weighted by molar-refractivity contribution is 5.94. The quantitative estimate of drug-likeness (QED) is 0.845. The summed E-state index contributed by atoms with van der Waals surface area (Å²) in [6.07, 6.45) is 7.83. The molecule has 6 heteroatoms. The van der Waals surface area contributed by atoms with Crippen LogP contribution in [0.15, 0.2) is 24.8 Å². The van der Waals surface area contributed by atoms with Crippen LogP contribution < -0.4 is 0 Å². The van der Waals surface area contributed by atoms with Gasteiger partial charge in [0.25, 0.3) is 5.91 Å². The fraction of sp³-hybridized carbons (Fsp3) is 0.500. The molecular formula is C18H22N4O2. The molecule has 1 fully saturated rings. The number of nitrogens with zero attached hydrogens (tertiary/aromatic N) is 4. The second kappa shape index (κ2) is 6.36. The van der Waals surface area contributed by atoms with E-state index in [1.807, 2.05) is 24.2 Å². The van der Waals surface area contributed by atoms with Gasteiger partial charge in [-0.15, -0.1) is 0 Å². The van der Waals surface area contributed by atoms with Gasteiger partial charge in [0.1, 0.15) is 0 Å². The smallest absolute Gasteiger partial charge is 0.255 e. The molecule has 0 N–H and O–H groups in total. The minimum Gasteiger partial charge on any atom is -0.375 e. The molecular weight excluding hydrogens is 304 g/mol. The fourth-order valence-electron chi connectivity index (χ4n) is 3.07. The maximum absolute atomic E-state index is 12.7. The van der Waals surface area contributed by atoms with Crippen LogP contribution >= 0.6 is 0 Å². The standard InChI is InChI=1S/C18H22N4O2/c1-13-6-15(8-19-7-13)18(23)21-4-5-22-12-20-16(17(22)9-21)11-24-10-14-2-3-14/h6-8,12,14H,2-5,9-11H2,1H3.